The van der Waals surface area contributed by atoms with Crippen molar-refractivity contribution in [2.45, 2.75) is 6.04 Å². The van der Waals surface area contributed by atoms with Crippen LogP contribution in [0.25, 0.3) is 0 Å². The first kappa shape index (κ1) is 9.73. The Morgan fingerprint density at radius 2 is 1.62 bits per heavy atom. The molecule has 0 amide bonds. The van der Waals surface area contributed by atoms with Crippen molar-refractivity contribution in [3.05, 3.63) is 65.2 Å². The van der Waals surface area contributed by atoms with E-state index in [1.165, 1.54) is 11.3 Å². The smallest absolute Gasteiger partial charge is 0.0718 e. The monoisotopic (exact) mass is 229 g/mol. The summed E-state index contributed by atoms with van der Waals surface area (Å²) in [6, 6.07) is 19.2. The zero-order valence-corrected chi connectivity index (χ0v) is 9.56. The van der Waals surface area contributed by atoms with Crippen LogP contribution in [0.2, 0.25) is 5.02 Å². The molecule has 1 saturated heterocycles. The number of rotatable bonds is 2. The van der Waals surface area contributed by atoms with Crippen LogP contribution < -0.4 is 4.90 Å². The molecule has 2 heteroatoms. The van der Waals surface area contributed by atoms with Crippen LogP contribution in [0.4, 0.5) is 5.69 Å². The van der Waals surface area contributed by atoms with Gasteiger partial charge in [-0.2, -0.15) is 0 Å². The highest BCUT2D eigenvalue weighted by molar-refractivity contribution is 6.30. The molecule has 0 spiro atoms. The summed E-state index contributed by atoms with van der Waals surface area (Å²) in [5, 5.41) is 0.793. The Hall–Kier alpha value is -1.47. The van der Waals surface area contributed by atoms with E-state index >= 15 is 0 Å². The Morgan fingerprint density at radius 1 is 0.938 bits per heavy atom. The van der Waals surface area contributed by atoms with Gasteiger partial charge in [-0.3, -0.25) is 0 Å². The van der Waals surface area contributed by atoms with Crippen LogP contribution in [0.15, 0.2) is 54.6 Å². The van der Waals surface area contributed by atoms with E-state index in [-0.39, 0.29) is 0 Å². The van der Waals surface area contributed by atoms with Crippen molar-refractivity contribution in [1.82, 2.24) is 0 Å². The fraction of sp³-hybridized carbons (Fsp3) is 0.143. The second-order valence-corrected chi connectivity index (χ2v) is 4.49. The van der Waals surface area contributed by atoms with Gasteiger partial charge in [-0.15, -0.1) is 0 Å². The molecule has 0 aliphatic carbocycles. The van der Waals surface area contributed by atoms with Crippen LogP contribution in [0.5, 0.6) is 0 Å². The summed E-state index contributed by atoms with van der Waals surface area (Å²) in [6.45, 7) is 1.10. The van der Waals surface area contributed by atoms with E-state index in [1.807, 2.05) is 12.1 Å². The number of halogens is 1. The van der Waals surface area contributed by atoms with Crippen LogP contribution in [0.1, 0.15) is 11.6 Å². The van der Waals surface area contributed by atoms with Crippen molar-refractivity contribution in [1.29, 1.82) is 0 Å². The second-order valence-electron chi connectivity index (χ2n) is 4.06. The molecule has 0 bridgehead atoms. The van der Waals surface area contributed by atoms with Gasteiger partial charge in [0.25, 0.3) is 0 Å². The Morgan fingerprint density at radius 3 is 2.31 bits per heavy atom. The molecule has 1 atom stereocenters. The number of benzene rings is 2. The summed E-state index contributed by atoms with van der Waals surface area (Å²) in [4.78, 5) is 2.37. The van der Waals surface area contributed by atoms with Gasteiger partial charge in [0.05, 0.1) is 6.04 Å². The van der Waals surface area contributed by atoms with Gasteiger partial charge in [-0.25, -0.2) is 0 Å². The maximum absolute atomic E-state index is 5.87. The van der Waals surface area contributed by atoms with Crippen LogP contribution in [0.3, 0.4) is 0 Å². The first-order valence-corrected chi connectivity index (χ1v) is 5.79. The zero-order valence-electron chi connectivity index (χ0n) is 8.81. The van der Waals surface area contributed by atoms with Gasteiger partial charge in [0.1, 0.15) is 0 Å². The molecule has 0 saturated carbocycles. The van der Waals surface area contributed by atoms with Crippen molar-refractivity contribution < 1.29 is 0 Å². The number of anilines is 1. The summed E-state index contributed by atoms with van der Waals surface area (Å²) in [6.07, 6.45) is 0. The number of hydrogen-bond acceptors (Lipinski definition) is 1. The molecule has 2 aromatic carbocycles. The molecule has 0 radical (unpaired) electrons. The lowest BCUT2D eigenvalue weighted by molar-refractivity contribution is 1.13. The quantitative estimate of drug-likeness (QED) is 0.706. The summed E-state index contributed by atoms with van der Waals surface area (Å²) in [7, 11) is 0. The van der Waals surface area contributed by atoms with Crippen molar-refractivity contribution in [3.8, 4) is 0 Å². The van der Waals surface area contributed by atoms with Crippen LogP contribution >= 0.6 is 11.6 Å². The molecule has 0 aromatic heterocycles. The second kappa shape index (κ2) is 3.84. The van der Waals surface area contributed by atoms with E-state index in [4.69, 9.17) is 11.6 Å². The number of hydrogen-bond donors (Lipinski definition) is 0. The van der Waals surface area contributed by atoms with Gasteiger partial charge < -0.3 is 4.90 Å². The molecule has 1 fully saturated rings. The van der Waals surface area contributed by atoms with Crippen LogP contribution in [-0.4, -0.2) is 6.54 Å². The number of nitrogens with zero attached hydrogens (tertiary/aromatic N) is 1. The summed E-state index contributed by atoms with van der Waals surface area (Å²) in [5.41, 5.74) is 2.63. The maximum Gasteiger partial charge on any atom is 0.0718 e. The third-order valence-corrected chi connectivity index (χ3v) is 3.21. The van der Waals surface area contributed by atoms with Gasteiger partial charge in [0, 0.05) is 17.3 Å². The minimum absolute atomic E-state index is 0.544. The lowest BCUT2D eigenvalue weighted by Crippen LogP contribution is -1.93. The Kier molecular flexibility index (Phi) is 2.33. The molecule has 0 unspecified atom stereocenters. The van der Waals surface area contributed by atoms with Gasteiger partial charge in [0.2, 0.25) is 0 Å². The fourth-order valence-electron chi connectivity index (χ4n) is 2.02. The Balaban J connectivity index is 1.79. The fourth-order valence-corrected chi connectivity index (χ4v) is 2.14. The standard InChI is InChI=1S/C14H12ClN/c15-12-6-8-13(9-7-12)16-10-14(16)11-4-2-1-3-5-11/h1-9,14H,10H2/t14-,16?/m0/s1. The van der Waals surface area contributed by atoms with Gasteiger partial charge >= 0.3 is 0 Å². The topological polar surface area (TPSA) is 3.01 Å². The first-order valence-electron chi connectivity index (χ1n) is 5.42. The molecule has 80 valence electrons. The average Bonchev–Trinajstić information content (AvgIpc) is 3.11. The summed E-state index contributed by atoms with van der Waals surface area (Å²) >= 11 is 5.87. The third-order valence-electron chi connectivity index (χ3n) is 2.95. The minimum atomic E-state index is 0.544. The lowest BCUT2D eigenvalue weighted by atomic mass is 10.2. The maximum atomic E-state index is 5.87. The van der Waals surface area contributed by atoms with E-state index in [9.17, 15) is 0 Å². The predicted octanol–water partition coefficient (Wildman–Crippen LogP) is 3.90. The SMILES string of the molecule is Clc1ccc(N2C[C@H]2c2ccccc2)cc1. The first-order chi connectivity index (χ1) is 7.84. The molecular weight excluding hydrogens is 218 g/mol. The molecular formula is C14H12ClN. The Bertz CT molecular complexity index is 478. The average molecular weight is 230 g/mol. The molecule has 1 nitrogen and oxygen atoms in total. The molecule has 16 heavy (non-hydrogen) atoms. The van der Waals surface area contributed by atoms with Crippen molar-refractivity contribution >= 4 is 17.3 Å². The highest BCUT2D eigenvalue weighted by Crippen LogP contribution is 2.39. The van der Waals surface area contributed by atoms with Crippen molar-refractivity contribution in [2.24, 2.45) is 0 Å². The minimum Gasteiger partial charge on any atom is -0.360 e. The molecule has 2 aromatic rings. The molecule has 1 aliphatic rings. The van der Waals surface area contributed by atoms with Gasteiger partial charge in [-0.1, -0.05) is 41.9 Å². The van der Waals surface area contributed by atoms with Crippen LogP contribution in [0, 0.1) is 0 Å². The van der Waals surface area contributed by atoms with E-state index < -0.39 is 0 Å². The summed E-state index contributed by atoms with van der Waals surface area (Å²) in [5.74, 6) is 0. The van der Waals surface area contributed by atoms with Crippen molar-refractivity contribution in [3.63, 3.8) is 0 Å². The third kappa shape index (κ3) is 1.79. The van der Waals surface area contributed by atoms with Gasteiger partial charge in [-0.05, 0) is 29.8 Å². The molecule has 1 aliphatic heterocycles. The largest absolute Gasteiger partial charge is 0.360 e. The highest BCUT2D eigenvalue weighted by Gasteiger charge is 2.35. The normalized spacial score (nSPS) is 18.6. The summed E-state index contributed by atoms with van der Waals surface area (Å²) < 4.78 is 0. The van der Waals surface area contributed by atoms with E-state index in [0.29, 0.717) is 6.04 Å². The zero-order chi connectivity index (χ0) is 11.0. The van der Waals surface area contributed by atoms with Gasteiger partial charge in [0.15, 0.2) is 0 Å². The predicted molar refractivity (Wildman–Crippen MR) is 68.0 cm³/mol. The van der Waals surface area contributed by atoms with E-state index in [0.717, 1.165) is 11.6 Å². The van der Waals surface area contributed by atoms with Crippen LogP contribution in [-0.2, 0) is 0 Å². The Labute approximate surface area is 100 Å². The molecule has 3 rings (SSSR count). The highest BCUT2D eigenvalue weighted by atomic mass is 35.5. The lowest BCUT2D eigenvalue weighted by Gasteiger charge is -2.05. The van der Waals surface area contributed by atoms with E-state index in [1.54, 1.807) is 0 Å². The molecule has 1 heterocycles. The molecule has 0 N–H and O–H groups in total. The van der Waals surface area contributed by atoms with E-state index in [2.05, 4.69) is 47.4 Å². The van der Waals surface area contributed by atoms with Crippen molar-refractivity contribution in [2.75, 3.05) is 11.4 Å².